The van der Waals surface area contributed by atoms with Crippen LogP contribution in [0, 0.1) is 6.92 Å². The maximum Gasteiger partial charge on any atom is 0.224 e. The maximum absolute atomic E-state index is 12.3. The van der Waals surface area contributed by atoms with Crippen molar-refractivity contribution in [2.24, 2.45) is 0 Å². The summed E-state index contributed by atoms with van der Waals surface area (Å²) < 4.78 is 5.37. The summed E-state index contributed by atoms with van der Waals surface area (Å²) in [5, 5.41) is 2.98. The highest BCUT2D eigenvalue weighted by Gasteiger charge is 2.14. The predicted molar refractivity (Wildman–Crippen MR) is 105 cm³/mol. The molecule has 26 heavy (non-hydrogen) atoms. The second-order valence-corrected chi connectivity index (χ2v) is 6.62. The lowest BCUT2D eigenvalue weighted by Gasteiger charge is -2.16. The lowest BCUT2D eigenvalue weighted by Crippen LogP contribution is -2.16. The summed E-state index contributed by atoms with van der Waals surface area (Å²) in [6, 6.07) is 13.0. The molecule has 0 aromatic heterocycles. The first kappa shape index (κ1) is 19.7. The maximum atomic E-state index is 12.3. The van der Waals surface area contributed by atoms with Crippen molar-refractivity contribution in [1.82, 2.24) is 0 Å². The number of aryl methyl sites for hydroxylation is 1. The van der Waals surface area contributed by atoms with Gasteiger partial charge in [-0.1, -0.05) is 32.0 Å². The van der Waals surface area contributed by atoms with Gasteiger partial charge >= 0.3 is 0 Å². The molecule has 4 nitrogen and oxygen atoms in total. The molecule has 2 aromatic carbocycles. The monoisotopic (exact) mass is 353 g/mol. The van der Waals surface area contributed by atoms with E-state index in [0.717, 1.165) is 22.6 Å². The van der Waals surface area contributed by atoms with Gasteiger partial charge in [0.05, 0.1) is 6.61 Å². The minimum Gasteiger partial charge on any atom is -0.494 e. The van der Waals surface area contributed by atoms with Gasteiger partial charge in [0.1, 0.15) is 5.75 Å². The van der Waals surface area contributed by atoms with E-state index in [1.165, 1.54) is 0 Å². The molecule has 0 aliphatic carbocycles. The Morgan fingerprint density at radius 2 is 1.73 bits per heavy atom. The third kappa shape index (κ3) is 5.19. The van der Waals surface area contributed by atoms with Crippen LogP contribution in [0.25, 0.3) is 0 Å². The Morgan fingerprint density at radius 1 is 1.04 bits per heavy atom. The number of anilines is 1. The van der Waals surface area contributed by atoms with Gasteiger partial charge in [0, 0.05) is 24.1 Å². The Morgan fingerprint density at radius 3 is 2.35 bits per heavy atom. The number of ether oxygens (including phenoxy) is 1. The van der Waals surface area contributed by atoms with Crippen LogP contribution in [0.2, 0.25) is 0 Å². The molecule has 0 unspecified atom stereocenters. The lowest BCUT2D eigenvalue weighted by atomic mass is 9.98. The molecule has 0 aliphatic rings. The van der Waals surface area contributed by atoms with Gasteiger partial charge in [-0.15, -0.1) is 0 Å². The summed E-state index contributed by atoms with van der Waals surface area (Å²) in [6.45, 7) is 8.67. The number of ketones is 1. The first-order valence-electron chi connectivity index (χ1n) is 9.07. The van der Waals surface area contributed by atoms with E-state index in [0.29, 0.717) is 18.1 Å². The number of amides is 1. The summed E-state index contributed by atoms with van der Waals surface area (Å²) in [5.41, 5.74) is 3.60. The Labute approximate surface area is 155 Å². The summed E-state index contributed by atoms with van der Waals surface area (Å²) >= 11 is 0. The molecule has 0 fully saturated rings. The predicted octanol–water partition coefficient (Wildman–Crippen LogP) is 5.12. The molecule has 0 spiro atoms. The summed E-state index contributed by atoms with van der Waals surface area (Å²) in [7, 11) is 0. The lowest BCUT2D eigenvalue weighted by molar-refractivity contribution is -0.116. The molecule has 0 saturated heterocycles. The van der Waals surface area contributed by atoms with E-state index >= 15 is 0 Å². The second-order valence-electron chi connectivity index (χ2n) is 6.62. The SMILES string of the molecule is CCOc1ccc(C(=O)CCC(=O)Nc2c(C)cccc2C(C)C)cc1. The van der Waals surface area contributed by atoms with E-state index in [2.05, 4.69) is 19.2 Å². The van der Waals surface area contributed by atoms with Gasteiger partial charge in [-0.25, -0.2) is 0 Å². The molecule has 0 bridgehead atoms. The molecular formula is C22H27NO3. The highest BCUT2D eigenvalue weighted by atomic mass is 16.5. The van der Waals surface area contributed by atoms with E-state index in [1.807, 2.05) is 32.0 Å². The summed E-state index contributed by atoms with van der Waals surface area (Å²) in [6.07, 6.45) is 0.348. The Balaban J connectivity index is 1.96. The van der Waals surface area contributed by atoms with Crippen molar-refractivity contribution in [3.05, 3.63) is 59.2 Å². The quantitative estimate of drug-likeness (QED) is 0.670. The van der Waals surface area contributed by atoms with E-state index < -0.39 is 0 Å². The van der Waals surface area contributed by atoms with Gasteiger partial charge in [0.2, 0.25) is 5.91 Å². The Kier molecular flexibility index (Phi) is 6.96. The van der Waals surface area contributed by atoms with Crippen LogP contribution >= 0.6 is 0 Å². The van der Waals surface area contributed by atoms with Crippen molar-refractivity contribution in [1.29, 1.82) is 0 Å². The first-order valence-corrected chi connectivity index (χ1v) is 9.07. The van der Waals surface area contributed by atoms with E-state index in [-0.39, 0.29) is 24.5 Å². The highest BCUT2D eigenvalue weighted by molar-refractivity contribution is 6.00. The third-order valence-electron chi connectivity index (χ3n) is 4.26. The van der Waals surface area contributed by atoms with Crippen molar-refractivity contribution < 1.29 is 14.3 Å². The summed E-state index contributed by atoms with van der Waals surface area (Å²) in [4.78, 5) is 24.6. The number of hydrogen-bond donors (Lipinski definition) is 1. The fraction of sp³-hybridized carbons (Fsp3) is 0.364. The number of benzene rings is 2. The van der Waals surface area contributed by atoms with Crippen molar-refractivity contribution >= 4 is 17.4 Å². The molecule has 0 aliphatic heterocycles. The third-order valence-corrected chi connectivity index (χ3v) is 4.26. The van der Waals surface area contributed by atoms with Crippen LogP contribution in [-0.4, -0.2) is 18.3 Å². The van der Waals surface area contributed by atoms with Crippen molar-refractivity contribution in [3.8, 4) is 5.75 Å². The zero-order valence-corrected chi connectivity index (χ0v) is 16.0. The molecule has 0 saturated carbocycles. The smallest absolute Gasteiger partial charge is 0.224 e. The van der Waals surface area contributed by atoms with Gasteiger partial charge in [0.25, 0.3) is 0 Å². The van der Waals surface area contributed by atoms with Gasteiger partial charge in [-0.2, -0.15) is 0 Å². The van der Waals surface area contributed by atoms with Crippen LogP contribution in [0.15, 0.2) is 42.5 Å². The largest absolute Gasteiger partial charge is 0.494 e. The topological polar surface area (TPSA) is 55.4 Å². The van der Waals surface area contributed by atoms with Crippen molar-refractivity contribution in [2.75, 3.05) is 11.9 Å². The van der Waals surface area contributed by atoms with Crippen LogP contribution in [-0.2, 0) is 4.79 Å². The number of nitrogens with one attached hydrogen (secondary N) is 1. The standard InChI is InChI=1S/C22H27NO3/c1-5-26-18-11-9-17(10-12-18)20(24)13-14-21(25)23-22-16(4)7-6-8-19(22)15(2)3/h6-12,15H,5,13-14H2,1-4H3,(H,23,25). The summed E-state index contributed by atoms with van der Waals surface area (Å²) in [5.74, 6) is 0.871. The first-order chi connectivity index (χ1) is 12.4. The molecule has 138 valence electrons. The van der Waals surface area contributed by atoms with E-state index in [9.17, 15) is 9.59 Å². The van der Waals surface area contributed by atoms with Gasteiger partial charge in [-0.05, 0) is 55.2 Å². The van der Waals surface area contributed by atoms with E-state index in [1.54, 1.807) is 24.3 Å². The number of carbonyl (C=O) groups excluding carboxylic acids is 2. The van der Waals surface area contributed by atoms with Gasteiger partial charge < -0.3 is 10.1 Å². The molecule has 1 N–H and O–H groups in total. The Bertz CT molecular complexity index is 763. The van der Waals surface area contributed by atoms with Crippen LogP contribution in [0.5, 0.6) is 5.75 Å². The number of carbonyl (C=O) groups is 2. The number of rotatable bonds is 8. The molecule has 0 heterocycles. The molecule has 2 rings (SSSR count). The number of Topliss-reactive ketones (excluding diaryl/α,β-unsaturated/α-hetero) is 1. The zero-order chi connectivity index (χ0) is 19.1. The van der Waals surface area contributed by atoms with Gasteiger partial charge in [-0.3, -0.25) is 9.59 Å². The minimum atomic E-state index is -0.138. The van der Waals surface area contributed by atoms with Crippen LogP contribution in [0.4, 0.5) is 5.69 Å². The zero-order valence-electron chi connectivity index (χ0n) is 16.0. The molecule has 2 aromatic rings. The van der Waals surface area contributed by atoms with Crippen LogP contribution < -0.4 is 10.1 Å². The molecule has 0 radical (unpaired) electrons. The average molecular weight is 353 g/mol. The molecule has 0 atom stereocenters. The van der Waals surface area contributed by atoms with E-state index in [4.69, 9.17) is 4.74 Å². The highest BCUT2D eigenvalue weighted by Crippen LogP contribution is 2.27. The minimum absolute atomic E-state index is 0.0444. The average Bonchev–Trinajstić information content (AvgIpc) is 2.62. The normalized spacial score (nSPS) is 10.7. The molecule has 1 amide bonds. The van der Waals surface area contributed by atoms with Gasteiger partial charge in [0.15, 0.2) is 5.78 Å². The molecule has 4 heteroatoms. The van der Waals surface area contributed by atoms with Crippen molar-refractivity contribution in [2.45, 2.75) is 46.5 Å². The fourth-order valence-electron chi connectivity index (χ4n) is 2.82. The Hall–Kier alpha value is -2.62. The fourth-order valence-corrected chi connectivity index (χ4v) is 2.82. The number of para-hydroxylation sites is 1. The van der Waals surface area contributed by atoms with Crippen LogP contribution in [0.3, 0.4) is 0 Å². The molecular weight excluding hydrogens is 326 g/mol. The van der Waals surface area contributed by atoms with Crippen LogP contribution in [0.1, 0.15) is 61.0 Å². The van der Waals surface area contributed by atoms with Crippen molar-refractivity contribution in [3.63, 3.8) is 0 Å². The second kappa shape index (κ2) is 9.18. The number of hydrogen-bond acceptors (Lipinski definition) is 3.